The van der Waals surface area contributed by atoms with Crippen LogP contribution in [0.25, 0.3) is 0 Å². The largest absolute Gasteiger partial charge is 0.394 e. The van der Waals surface area contributed by atoms with Crippen LogP contribution in [0.5, 0.6) is 0 Å². The highest BCUT2D eigenvalue weighted by atomic mass is 16.8. The van der Waals surface area contributed by atoms with Crippen molar-refractivity contribution in [3.8, 4) is 0 Å². The Kier molecular flexibility index (Phi) is 35.8. The first kappa shape index (κ1) is 100. The molecule has 10 aliphatic heterocycles. The summed E-state index contributed by atoms with van der Waals surface area (Å²) < 4.78 is 113. The molecule has 0 aromatic carbocycles. The number of aliphatic hydroxyl groups is 27. The Morgan fingerprint density at radius 1 is 0.230 bits per heavy atom. The van der Waals surface area contributed by atoms with Gasteiger partial charge in [0.2, 0.25) is 23.6 Å². The number of hydrogen-bond acceptors (Lipinski definition) is 50. The molecular formula is C68H114N4O50. The van der Waals surface area contributed by atoms with Crippen molar-refractivity contribution in [2.45, 2.75) is 341 Å². The van der Waals surface area contributed by atoms with Gasteiger partial charge in [0.05, 0.1) is 65.6 Å². The molecule has 0 aromatic heterocycles. The minimum atomic E-state index is -2.63. The van der Waals surface area contributed by atoms with E-state index in [1.165, 1.54) is 6.92 Å². The molecular weight excluding hydrogens is 1670 g/mol. The molecule has 10 aliphatic rings. The number of amides is 4. The summed E-state index contributed by atoms with van der Waals surface area (Å²) in [6.45, 7) is -4.83. The van der Waals surface area contributed by atoms with E-state index in [0.717, 1.165) is 27.7 Å². The number of aliphatic hydroxyl groups excluding tert-OH is 27. The molecule has 54 heteroatoms. The van der Waals surface area contributed by atoms with E-state index >= 15 is 0 Å². The lowest BCUT2D eigenvalue weighted by atomic mass is 9.93. The molecule has 10 saturated heterocycles. The smallest absolute Gasteiger partial charge is 0.217 e. The van der Waals surface area contributed by atoms with Crippen LogP contribution >= 0.6 is 0 Å². The second kappa shape index (κ2) is 43.6. The zero-order valence-electron chi connectivity index (χ0n) is 65.7. The predicted molar refractivity (Wildman–Crippen MR) is 375 cm³/mol. The topological polar surface area (TPSA) is 838 Å². The average Bonchev–Trinajstić information content (AvgIpc) is 0.770. The van der Waals surface area contributed by atoms with Crippen molar-refractivity contribution in [1.29, 1.82) is 0 Å². The summed E-state index contributed by atoms with van der Waals surface area (Å²) >= 11 is 0. The van der Waals surface area contributed by atoms with Gasteiger partial charge in [-0.3, -0.25) is 19.2 Å². The van der Waals surface area contributed by atoms with Gasteiger partial charge in [0.25, 0.3) is 0 Å². The maximum absolute atomic E-state index is 13.3. The standard InChI is InChI=1S/C68H114N4O50/c1-15-33(84)43(94)48(99)63(106-15)104-14-28-55(39(90)29(59(103)107-28)69-16(2)80)116-60-30(70-17(3)81)40(91)54(26(12-79)112-60)119-66-51(102)56(120-68-58(47(98)37(88)23(9-76)111-68)122-62-32(72-19(5)83)42(93)53(25(11-78)114-62)118-65-50(101)45(96)35(86)21(7-74)109-65)38(89)27(115-66)13-105-67-57(46(97)36(87)22(8-75)110-67)121-61-31(71-18(4)82)41(92)52(24(10-77)113-61)117-64-49(100)44(95)34(85)20(6-73)108-64/h15,20-68,73-79,84-103H,6-14H2,1-5H3,(H,69,80)(H,70,81)(H,71,82)(H,72,83)/t15-,20+,21+,22+,23+,24+,25+,26+,27+,28+,29+,30+,31+,32+,33+,34-,35-,36+,37+,38+,39+,40+,41+,42+,43+,44-,45-,46-,47-,48-,49+,50+,51-,52+,53+,54+,55+,56-,57-,58-,59+,60-,61?,62?,63?,64?,65?,66-,67-,68+/m0/s1. The predicted octanol–water partition coefficient (Wildman–Crippen LogP) is -21.2. The average molecular weight is 1790 g/mol. The van der Waals surface area contributed by atoms with Crippen molar-refractivity contribution in [3.63, 3.8) is 0 Å². The molecule has 10 rings (SSSR count). The van der Waals surface area contributed by atoms with Crippen LogP contribution in [0.2, 0.25) is 0 Å². The van der Waals surface area contributed by atoms with Gasteiger partial charge in [0, 0.05) is 27.7 Å². The molecule has 0 aliphatic carbocycles. The summed E-state index contributed by atoms with van der Waals surface area (Å²) in [6.07, 6.45) is -95.2. The fourth-order valence-electron chi connectivity index (χ4n) is 15.8. The van der Waals surface area contributed by atoms with Crippen LogP contribution in [0.4, 0.5) is 0 Å². The Labute approximate surface area is 691 Å². The maximum Gasteiger partial charge on any atom is 0.217 e. The Morgan fingerprint density at radius 3 is 0.893 bits per heavy atom. The van der Waals surface area contributed by atoms with Gasteiger partial charge < -0.3 is 249 Å². The molecule has 4 amide bonds. The number of rotatable bonds is 31. The van der Waals surface area contributed by atoms with Crippen molar-refractivity contribution in [3.05, 3.63) is 0 Å². The highest BCUT2D eigenvalue weighted by Gasteiger charge is 2.62. The first-order valence-corrected chi connectivity index (χ1v) is 39.0. The lowest BCUT2D eigenvalue weighted by Crippen LogP contribution is -2.71. The molecule has 10 heterocycles. The van der Waals surface area contributed by atoms with Gasteiger partial charge in [-0.1, -0.05) is 0 Å². The molecule has 10 fully saturated rings. The zero-order valence-corrected chi connectivity index (χ0v) is 65.7. The SMILES string of the molecule is CC(=O)N[C@@H]1[C@@H](O)[C@H](O[C@@H]2O[C@H](CO)[C@@H](O[C@@H]3O[C@H](CO[C@H]4O[C@H](CO)[C@@H](O)[C@H](O)[C@@H]4OC4O[C@H](CO)[C@@H](OC5O[C@H](CO)[C@H](O)[C@H](O)[C@H]5O)[C@H](O)[C@H]4NC(C)=O)[C@@H](O)[C@H](O[C@H]4O[C@H](CO)[C@@H](O)[C@H](O)[C@@H]4OC4O[C@H](CO)[C@@H](OC5O[C@H](CO)[C@H](O)[C@H](O)[C@H]5O)[C@H](O)[C@H]4NC(C)=O)[C@@H]3O)[C@H](O)[C@H]2NC(C)=O)[C@@H](COC2O[C@@H](C)[C@@H](O)[C@@H](O)[C@@H]2O)O[C@H]1O. The molecule has 0 radical (unpaired) electrons. The summed E-state index contributed by atoms with van der Waals surface area (Å²) in [5.41, 5.74) is 0. The third-order valence-corrected chi connectivity index (χ3v) is 22.4. The molecule has 706 valence electrons. The number of ether oxygens (including phenoxy) is 19. The van der Waals surface area contributed by atoms with Crippen molar-refractivity contribution in [2.75, 3.05) is 59.5 Å². The monoisotopic (exact) mass is 1790 g/mol. The molecule has 50 atom stereocenters. The third kappa shape index (κ3) is 22.0. The Hall–Kier alpha value is -3.96. The normalized spacial score (nSPS) is 49.7. The van der Waals surface area contributed by atoms with Crippen molar-refractivity contribution in [1.82, 2.24) is 21.3 Å². The molecule has 0 bridgehead atoms. The number of nitrogens with one attached hydrogen (secondary N) is 4. The minimum absolute atomic E-state index is 0.846. The zero-order chi connectivity index (χ0) is 89.8. The van der Waals surface area contributed by atoms with Crippen molar-refractivity contribution in [2.24, 2.45) is 0 Å². The van der Waals surface area contributed by atoms with Crippen LogP contribution in [-0.2, 0) is 109 Å². The van der Waals surface area contributed by atoms with Gasteiger partial charge in [-0.05, 0) is 6.92 Å². The molecule has 31 N–H and O–H groups in total. The van der Waals surface area contributed by atoms with Crippen LogP contribution in [-0.4, -0.2) is 528 Å². The third-order valence-electron chi connectivity index (χ3n) is 22.4. The first-order chi connectivity index (χ1) is 57.7. The second-order valence-corrected chi connectivity index (χ2v) is 31.0. The summed E-state index contributed by atoms with van der Waals surface area (Å²) in [5.74, 6) is -3.76. The number of carbonyl (C=O) groups excluding carboxylic acids is 4. The van der Waals surface area contributed by atoms with E-state index < -0.39 is 390 Å². The van der Waals surface area contributed by atoms with E-state index in [2.05, 4.69) is 21.3 Å². The van der Waals surface area contributed by atoms with Gasteiger partial charge >= 0.3 is 0 Å². The molecule has 0 saturated carbocycles. The van der Waals surface area contributed by atoms with E-state index in [1.54, 1.807) is 0 Å². The van der Waals surface area contributed by atoms with E-state index in [0.29, 0.717) is 0 Å². The van der Waals surface area contributed by atoms with E-state index in [4.69, 9.17) is 90.0 Å². The first-order valence-electron chi connectivity index (χ1n) is 39.0. The van der Waals surface area contributed by atoms with Gasteiger partial charge in [0.15, 0.2) is 62.9 Å². The number of carbonyl (C=O) groups is 4. The fourth-order valence-corrected chi connectivity index (χ4v) is 15.8. The van der Waals surface area contributed by atoms with Gasteiger partial charge in [0.1, 0.15) is 238 Å². The van der Waals surface area contributed by atoms with Gasteiger partial charge in [-0.25, -0.2) is 0 Å². The summed E-state index contributed by atoms with van der Waals surface area (Å²) in [5, 5.41) is 310. The van der Waals surface area contributed by atoms with Crippen LogP contribution in [0.1, 0.15) is 34.6 Å². The van der Waals surface area contributed by atoms with E-state index in [-0.39, 0.29) is 0 Å². The molecule has 122 heavy (non-hydrogen) atoms. The highest BCUT2D eigenvalue weighted by Crippen LogP contribution is 2.41. The maximum atomic E-state index is 13.3. The molecule has 5 unspecified atom stereocenters. The van der Waals surface area contributed by atoms with Crippen molar-refractivity contribution >= 4 is 23.6 Å². The van der Waals surface area contributed by atoms with Crippen LogP contribution < -0.4 is 21.3 Å². The fraction of sp³-hybridized carbons (Fsp3) is 0.941. The quantitative estimate of drug-likeness (QED) is 0.0306. The molecule has 0 spiro atoms. The highest BCUT2D eigenvalue weighted by molar-refractivity contribution is 5.74. The van der Waals surface area contributed by atoms with Crippen molar-refractivity contribution < 1.29 is 247 Å². The lowest BCUT2D eigenvalue weighted by Gasteiger charge is -2.51. The Morgan fingerprint density at radius 2 is 0.500 bits per heavy atom. The Balaban J connectivity index is 0.983. The summed E-state index contributed by atoms with van der Waals surface area (Å²) in [6, 6.07) is -7.69. The second-order valence-electron chi connectivity index (χ2n) is 31.0. The molecule has 0 aromatic rings. The molecule has 54 nitrogen and oxygen atoms in total. The Bertz CT molecular complexity index is 3290. The summed E-state index contributed by atoms with van der Waals surface area (Å²) in [7, 11) is 0. The summed E-state index contributed by atoms with van der Waals surface area (Å²) in [4.78, 5) is 51.6. The van der Waals surface area contributed by atoms with Crippen LogP contribution in [0.3, 0.4) is 0 Å². The van der Waals surface area contributed by atoms with Crippen LogP contribution in [0, 0.1) is 0 Å². The van der Waals surface area contributed by atoms with Crippen LogP contribution in [0.15, 0.2) is 0 Å². The minimum Gasteiger partial charge on any atom is -0.394 e. The number of hydrogen-bond donors (Lipinski definition) is 31. The van der Waals surface area contributed by atoms with E-state index in [1.807, 2.05) is 0 Å². The van der Waals surface area contributed by atoms with Gasteiger partial charge in [-0.15, -0.1) is 0 Å². The lowest BCUT2D eigenvalue weighted by molar-refractivity contribution is -0.399. The van der Waals surface area contributed by atoms with Gasteiger partial charge in [-0.2, -0.15) is 0 Å². The van der Waals surface area contributed by atoms with E-state index in [9.17, 15) is 157 Å².